The Morgan fingerprint density at radius 3 is 2.63 bits per heavy atom. The number of nitrogens with zero attached hydrogens (tertiary/aromatic N) is 2. The van der Waals surface area contributed by atoms with E-state index >= 15 is 0 Å². The quantitative estimate of drug-likeness (QED) is 0.743. The molecule has 0 fully saturated rings. The summed E-state index contributed by atoms with van der Waals surface area (Å²) in [6.45, 7) is 0. The highest BCUT2D eigenvalue weighted by Crippen LogP contribution is 2.29. The van der Waals surface area contributed by atoms with Gasteiger partial charge < -0.3 is 10.2 Å². The van der Waals surface area contributed by atoms with Gasteiger partial charge in [-0.1, -0.05) is 28.1 Å². The van der Waals surface area contributed by atoms with Crippen LogP contribution in [0, 0.1) is 11.3 Å². The lowest BCUT2D eigenvalue weighted by atomic mass is 10.1. The predicted molar refractivity (Wildman–Crippen MR) is 76.3 cm³/mol. The minimum atomic E-state index is 0.187. The van der Waals surface area contributed by atoms with Gasteiger partial charge in [-0.05, 0) is 24.3 Å². The van der Waals surface area contributed by atoms with Gasteiger partial charge in [-0.2, -0.15) is 10.2 Å². The second kappa shape index (κ2) is 4.41. The molecule has 0 saturated heterocycles. The molecule has 19 heavy (non-hydrogen) atoms. The fourth-order valence-corrected chi connectivity index (χ4v) is 2.10. The number of furan rings is 1. The molecular formula is C14H8BrN3O. The maximum absolute atomic E-state index is 8.93. The SMILES string of the molecule is N#Cc1cc2cc(-c3ccc(Br)cc3)oc2nc1N. The van der Waals surface area contributed by atoms with Crippen LogP contribution in [0.2, 0.25) is 0 Å². The van der Waals surface area contributed by atoms with Gasteiger partial charge in [0.05, 0.1) is 5.56 Å². The molecule has 1 aromatic carbocycles. The highest BCUT2D eigenvalue weighted by Gasteiger charge is 2.10. The number of rotatable bonds is 1. The summed E-state index contributed by atoms with van der Waals surface area (Å²) in [5, 5.41) is 9.69. The molecule has 2 aromatic heterocycles. The van der Waals surface area contributed by atoms with Crippen molar-refractivity contribution in [2.75, 3.05) is 5.73 Å². The van der Waals surface area contributed by atoms with Crippen LogP contribution < -0.4 is 5.73 Å². The lowest BCUT2D eigenvalue weighted by Crippen LogP contribution is -1.93. The highest BCUT2D eigenvalue weighted by molar-refractivity contribution is 9.10. The Balaban J connectivity index is 2.17. The molecule has 0 bridgehead atoms. The van der Waals surface area contributed by atoms with Gasteiger partial charge >= 0.3 is 0 Å². The summed E-state index contributed by atoms with van der Waals surface area (Å²) >= 11 is 3.39. The zero-order valence-corrected chi connectivity index (χ0v) is 11.3. The minimum Gasteiger partial charge on any atom is -0.438 e. The van der Waals surface area contributed by atoms with Crippen molar-refractivity contribution >= 4 is 32.8 Å². The van der Waals surface area contributed by atoms with E-state index in [1.54, 1.807) is 6.07 Å². The molecule has 0 amide bonds. The summed E-state index contributed by atoms with van der Waals surface area (Å²) in [6.07, 6.45) is 0. The van der Waals surface area contributed by atoms with Crippen LogP contribution in [0.4, 0.5) is 5.82 Å². The predicted octanol–water partition coefficient (Wildman–Crippen LogP) is 3.71. The van der Waals surface area contributed by atoms with E-state index in [4.69, 9.17) is 15.4 Å². The smallest absolute Gasteiger partial charge is 0.228 e. The van der Waals surface area contributed by atoms with Crippen molar-refractivity contribution < 1.29 is 4.42 Å². The summed E-state index contributed by atoms with van der Waals surface area (Å²) in [5.74, 6) is 0.885. The number of nitrogens with two attached hydrogens (primary N) is 1. The summed E-state index contributed by atoms with van der Waals surface area (Å²) in [5.41, 5.74) is 7.40. The summed E-state index contributed by atoms with van der Waals surface area (Å²) in [7, 11) is 0. The molecule has 0 saturated carbocycles. The maximum atomic E-state index is 8.93. The monoisotopic (exact) mass is 313 g/mol. The van der Waals surface area contributed by atoms with Crippen molar-refractivity contribution in [2.45, 2.75) is 0 Å². The standard InChI is InChI=1S/C14H8BrN3O/c15-11-3-1-8(2-4-11)12-6-9-5-10(7-16)13(17)18-14(9)19-12/h1-6H,(H2,17,18). The van der Waals surface area contributed by atoms with Crippen LogP contribution in [-0.2, 0) is 0 Å². The van der Waals surface area contributed by atoms with Gasteiger partial charge in [-0.15, -0.1) is 0 Å². The van der Waals surface area contributed by atoms with E-state index in [2.05, 4.69) is 20.9 Å². The molecule has 2 heterocycles. The molecule has 0 aliphatic heterocycles. The van der Waals surface area contributed by atoms with E-state index in [0.717, 1.165) is 15.4 Å². The molecule has 0 radical (unpaired) electrons. The van der Waals surface area contributed by atoms with Crippen molar-refractivity contribution in [2.24, 2.45) is 0 Å². The topological polar surface area (TPSA) is 75.8 Å². The zero-order chi connectivity index (χ0) is 13.4. The Labute approximate surface area is 117 Å². The number of anilines is 1. The van der Waals surface area contributed by atoms with Gasteiger partial charge in [0.15, 0.2) is 0 Å². The molecule has 0 aliphatic carbocycles. The Bertz CT molecular complexity index is 800. The second-order valence-electron chi connectivity index (χ2n) is 4.04. The molecule has 92 valence electrons. The first-order valence-electron chi connectivity index (χ1n) is 5.53. The maximum Gasteiger partial charge on any atom is 0.228 e. The Morgan fingerprint density at radius 1 is 1.21 bits per heavy atom. The fourth-order valence-electron chi connectivity index (χ4n) is 1.83. The van der Waals surface area contributed by atoms with Gasteiger partial charge in [0.2, 0.25) is 5.71 Å². The average molecular weight is 314 g/mol. The third kappa shape index (κ3) is 2.07. The van der Waals surface area contributed by atoms with E-state index < -0.39 is 0 Å². The molecule has 0 unspecified atom stereocenters. The number of hydrogen-bond acceptors (Lipinski definition) is 4. The average Bonchev–Trinajstić information content (AvgIpc) is 2.81. The number of hydrogen-bond donors (Lipinski definition) is 1. The number of fused-ring (bicyclic) bond motifs is 1. The normalized spacial score (nSPS) is 10.5. The van der Waals surface area contributed by atoms with E-state index in [9.17, 15) is 0 Å². The third-order valence-electron chi connectivity index (χ3n) is 2.79. The van der Waals surface area contributed by atoms with Crippen LogP contribution >= 0.6 is 15.9 Å². The van der Waals surface area contributed by atoms with E-state index in [1.165, 1.54) is 0 Å². The van der Waals surface area contributed by atoms with Crippen LogP contribution in [0.15, 0.2) is 45.3 Å². The van der Waals surface area contributed by atoms with Gasteiger partial charge in [0.25, 0.3) is 0 Å². The van der Waals surface area contributed by atoms with Gasteiger partial charge in [0, 0.05) is 15.4 Å². The molecule has 3 rings (SSSR count). The molecular weight excluding hydrogens is 306 g/mol. The zero-order valence-electron chi connectivity index (χ0n) is 9.72. The van der Waals surface area contributed by atoms with Gasteiger partial charge in [-0.3, -0.25) is 0 Å². The summed E-state index contributed by atoms with van der Waals surface area (Å²) < 4.78 is 6.66. The highest BCUT2D eigenvalue weighted by atomic mass is 79.9. The van der Waals surface area contributed by atoms with Crippen molar-refractivity contribution in [3.8, 4) is 17.4 Å². The number of nitrogen functional groups attached to an aromatic ring is 1. The number of pyridine rings is 1. The van der Waals surface area contributed by atoms with E-state index in [1.807, 2.05) is 36.4 Å². The third-order valence-corrected chi connectivity index (χ3v) is 3.32. The van der Waals surface area contributed by atoms with Crippen LogP contribution in [0.5, 0.6) is 0 Å². The van der Waals surface area contributed by atoms with Crippen LogP contribution in [-0.4, -0.2) is 4.98 Å². The number of benzene rings is 1. The molecule has 4 nitrogen and oxygen atoms in total. The molecule has 3 aromatic rings. The van der Waals surface area contributed by atoms with Crippen LogP contribution in [0.25, 0.3) is 22.4 Å². The molecule has 2 N–H and O–H groups in total. The Morgan fingerprint density at radius 2 is 1.95 bits per heavy atom. The second-order valence-corrected chi connectivity index (χ2v) is 4.96. The molecule has 0 spiro atoms. The minimum absolute atomic E-state index is 0.187. The molecule has 0 aliphatic rings. The van der Waals surface area contributed by atoms with E-state index in [0.29, 0.717) is 17.0 Å². The lowest BCUT2D eigenvalue weighted by molar-refractivity contribution is 0.619. The van der Waals surface area contributed by atoms with Gasteiger partial charge in [0.1, 0.15) is 17.6 Å². The Hall–Kier alpha value is -2.32. The largest absolute Gasteiger partial charge is 0.438 e. The summed E-state index contributed by atoms with van der Waals surface area (Å²) in [4.78, 5) is 4.09. The summed E-state index contributed by atoms with van der Waals surface area (Å²) in [6, 6.07) is 13.3. The number of nitriles is 1. The van der Waals surface area contributed by atoms with E-state index in [-0.39, 0.29) is 5.82 Å². The molecule has 5 heteroatoms. The first-order chi connectivity index (χ1) is 9.17. The Kier molecular flexibility index (Phi) is 2.73. The van der Waals surface area contributed by atoms with Gasteiger partial charge in [-0.25, -0.2) is 0 Å². The van der Waals surface area contributed by atoms with Crippen molar-refractivity contribution in [3.63, 3.8) is 0 Å². The fraction of sp³-hybridized carbons (Fsp3) is 0. The van der Waals surface area contributed by atoms with Crippen molar-refractivity contribution in [3.05, 3.63) is 46.4 Å². The first-order valence-corrected chi connectivity index (χ1v) is 6.33. The lowest BCUT2D eigenvalue weighted by Gasteiger charge is -1.96. The first kappa shape index (κ1) is 11.8. The van der Waals surface area contributed by atoms with Crippen LogP contribution in [0.3, 0.4) is 0 Å². The van der Waals surface area contributed by atoms with Crippen molar-refractivity contribution in [1.29, 1.82) is 5.26 Å². The van der Waals surface area contributed by atoms with Crippen molar-refractivity contribution in [1.82, 2.24) is 4.98 Å². The number of aromatic nitrogens is 1. The molecule has 0 atom stereocenters. The van der Waals surface area contributed by atoms with Crippen LogP contribution in [0.1, 0.15) is 5.56 Å². The number of halogens is 1.